The average Bonchev–Trinajstić information content (AvgIpc) is 3.12. The Labute approximate surface area is 130 Å². The molecule has 122 valence electrons. The van der Waals surface area contributed by atoms with Crippen molar-refractivity contribution in [1.29, 1.82) is 0 Å². The third kappa shape index (κ3) is 3.85. The molecular weight excluding hydrogens is 284 g/mol. The lowest BCUT2D eigenvalue weighted by atomic mass is 9.90. The van der Waals surface area contributed by atoms with Crippen molar-refractivity contribution in [3.05, 3.63) is 18.0 Å². The van der Waals surface area contributed by atoms with Gasteiger partial charge >= 0.3 is 5.97 Å². The van der Waals surface area contributed by atoms with E-state index in [9.17, 15) is 9.59 Å². The Morgan fingerprint density at radius 1 is 1.55 bits per heavy atom. The molecule has 0 bridgehead atoms. The van der Waals surface area contributed by atoms with Crippen LogP contribution in [0.25, 0.3) is 0 Å². The van der Waals surface area contributed by atoms with Gasteiger partial charge < -0.3 is 15.4 Å². The molecule has 1 aliphatic heterocycles. The van der Waals surface area contributed by atoms with E-state index in [2.05, 4.69) is 15.7 Å². The van der Waals surface area contributed by atoms with Crippen LogP contribution in [0.3, 0.4) is 0 Å². The first-order valence-corrected chi connectivity index (χ1v) is 7.66. The average molecular weight is 308 g/mol. The normalized spacial score (nSPS) is 22.3. The van der Waals surface area contributed by atoms with Gasteiger partial charge in [0.1, 0.15) is 0 Å². The van der Waals surface area contributed by atoms with E-state index < -0.39 is 0 Å². The first-order chi connectivity index (χ1) is 10.5. The molecule has 1 fully saturated rings. The second kappa shape index (κ2) is 7.40. The second-order valence-electron chi connectivity index (χ2n) is 5.72. The monoisotopic (exact) mass is 308 g/mol. The van der Waals surface area contributed by atoms with Gasteiger partial charge in [-0.15, -0.1) is 0 Å². The lowest BCUT2D eigenvalue weighted by Gasteiger charge is -2.18. The molecule has 2 N–H and O–H groups in total. The number of carbonyl (C=O) groups excluding carboxylic acids is 2. The van der Waals surface area contributed by atoms with Crippen LogP contribution in [0.15, 0.2) is 12.4 Å². The van der Waals surface area contributed by atoms with Crippen LogP contribution >= 0.6 is 0 Å². The van der Waals surface area contributed by atoms with Crippen LogP contribution in [0.5, 0.6) is 0 Å². The van der Waals surface area contributed by atoms with Crippen LogP contribution in [-0.2, 0) is 21.4 Å². The molecule has 1 unspecified atom stereocenters. The van der Waals surface area contributed by atoms with E-state index in [1.54, 1.807) is 24.7 Å². The fraction of sp³-hybridized carbons (Fsp3) is 0.667. The maximum absolute atomic E-state index is 12.4. The molecule has 0 radical (unpaired) electrons. The number of carbonyl (C=O) groups is 2. The molecule has 0 spiro atoms. The molecule has 0 aromatic carbocycles. The molecule has 22 heavy (non-hydrogen) atoms. The number of hydrogen-bond acceptors (Lipinski definition) is 5. The maximum Gasteiger partial charge on any atom is 0.310 e. The minimum absolute atomic E-state index is 0.0324. The molecule has 2 rings (SSSR count). The van der Waals surface area contributed by atoms with E-state index in [-0.39, 0.29) is 29.6 Å². The summed E-state index contributed by atoms with van der Waals surface area (Å²) in [5, 5.41) is 10.3. The smallest absolute Gasteiger partial charge is 0.310 e. The number of aryl methyl sites for hydroxylation is 1. The number of hydrogen-bond donors (Lipinski definition) is 2. The SMILES string of the molecule is CCOC(=O)C(C)CNC(=O)[C@H]1CNC[C@@H]1c1cnn(C)c1. The Balaban J connectivity index is 1.90. The van der Waals surface area contributed by atoms with Gasteiger partial charge in [-0.2, -0.15) is 5.10 Å². The highest BCUT2D eigenvalue weighted by Crippen LogP contribution is 2.27. The summed E-state index contributed by atoms with van der Waals surface area (Å²) in [6.07, 6.45) is 3.75. The van der Waals surface area contributed by atoms with Gasteiger partial charge in [0, 0.05) is 38.8 Å². The molecule has 1 aliphatic rings. The quantitative estimate of drug-likeness (QED) is 0.725. The fourth-order valence-electron chi connectivity index (χ4n) is 2.69. The summed E-state index contributed by atoms with van der Waals surface area (Å²) in [7, 11) is 1.86. The molecule has 7 nitrogen and oxygen atoms in total. The summed E-state index contributed by atoms with van der Waals surface area (Å²) in [6.45, 7) is 5.58. The van der Waals surface area contributed by atoms with Crippen molar-refractivity contribution in [3.63, 3.8) is 0 Å². The predicted octanol–water partition coefficient (Wildman–Crippen LogP) is 0.0385. The van der Waals surface area contributed by atoms with Gasteiger partial charge in [-0.1, -0.05) is 6.92 Å². The standard InChI is InChI=1S/C15H24N4O3/c1-4-22-15(21)10(2)5-17-14(20)13-8-16-7-12(13)11-6-18-19(3)9-11/h6,9-10,12-13,16H,4-5,7-8H2,1-3H3,(H,17,20)/t10?,12-,13+/m1/s1. The third-order valence-corrected chi connectivity index (χ3v) is 3.98. The van der Waals surface area contributed by atoms with Crippen molar-refractivity contribution in [2.75, 3.05) is 26.2 Å². The van der Waals surface area contributed by atoms with Crippen LogP contribution in [0.2, 0.25) is 0 Å². The van der Waals surface area contributed by atoms with Gasteiger partial charge in [0.15, 0.2) is 0 Å². The lowest BCUT2D eigenvalue weighted by Crippen LogP contribution is -2.38. The number of nitrogens with one attached hydrogen (secondary N) is 2. The zero-order chi connectivity index (χ0) is 16.1. The van der Waals surface area contributed by atoms with Crippen molar-refractivity contribution < 1.29 is 14.3 Å². The van der Waals surface area contributed by atoms with E-state index in [1.807, 2.05) is 13.2 Å². The molecule has 3 atom stereocenters. The van der Waals surface area contributed by atoms with Gasteiger partial charge in [0.25, 0.3) is 0 Å². The van der Waals surface area contributed by atoms with E-state index >= 15 is 0 Å². The molecule has 0 saturated carbocycles. The molecule has 2 heterocycles. The second-order valence-corrected chi connectivity index (χ2v) is 5.72. The number of amides is 1. The highest BCUT2D eigenvalue weighted by Gasteiger charge is 2.34. The number of aromatic nitrogens is 2. The van der Waals surface area contributed by atoms with Gasteiger partial charge in [-0.05, 0) is 12.5 Å². The maximum atomic E-state index is 12.4. The van der Waals surface area contributed by atoms with E-state index in [1.165, 1.54) is 0 Å². The van der Waals surface area contributed by atoms with E-state index in [0.29, 0.717) is 19.7 Å². The predicted molar refractivity (Wildman–Crippen MR) is 81.1 cm³/mol. The Hall–Kier alpha value is -1.89. The first-order valence-electron chi connectivity index (χ1n) is 7.66. The van der Waals surface area contributed by atoms with Crippen molar-refractivity contribution in [2.45, 2.75) is 19.8 Å². The van der Waals surface area contributed by atoms with Gasteiger partial charge in [-0.25, -0.2) is 0 Å². The Morgan fingerprint density at radius 3 is 2.95 bits per heavy atom. The summed E-state index contributed by atoms with van der Waals surface area (Å²) >= 11 is 0. The van der Waals surface area contributed by atoms with Crippen molar-refractivity contribution >= 4 is 11.9 Å². The van der Waals surface area contributed by atoms with Gasteiger partial charge in [-0.3, -0.25) is 14.3 Å². The minimum atomic E-state index is -0.338. The Bertz CT molecular complexity index is 529. The van der Waals surface area contributed by atoms with Crippen molar-refractivity contribution in [3.8, 4) is 0 Å². The molecule has 1 aromatic heterocycles. The number of ether oxygens (including phenoxy) is 1. The Kier molecular flexibility index (Phi) is 5.54. The number of rotatable bonds is 6. The molecular formula is C15H24N4O3. The summed E-state index contributed by atoms with van der Waals surface area (Å²) in [5.41, 5.74) is 1.06. The largest absolute Gasteiger partial charge is 0.466 e. The minimum Gasteiger partial charge on any atom is -0.466 e. The summed E-state index contributed by atoms with van der Waals surface area (Å²) in [5.74, 6) is -0.675. The summed E-state index contributed by atoms with van der Waals surface area (Å²) in [4.78, 5) is 24.0. The van der Waals surface area contributed by atoms with Crippen LogP contribution in [-0.4, -0.2) is 47.9 Å². The first kappa shape index (κ1) is 16.5. The van der Waals surface area contributed by atoms with Crippen molar-refractivity contribution in [2.24, 2.45) is 18.9 Å². The highest BCUT2D eigenvalue weighted by atomic mass is 16.5. The third-order valence-electron chi connectivity index (χ3n) is 3.98. The van der Waals surface area contributed by atoms with Crippen LogP contribution in [0.1, 0.15) is 25.3 Å². The molecule has 1 amide bonds. The molecule has 1 aromatic rings. The molecule has 0 aliphatic carbocycles. The van der Waals surface area contributed by atoms with Crippen molar-refractivity contribution in [1.82, 2.24) is 20.4 Å². The summed E-state index contributed by atoms with van der Waals surface area (Å²) < 4.78 is 6.68. The van der Waals surface area contributed by atoms with E-state index in [0.717, 1.165) is 12.1 Å². The van der Waals surface area contributed by atoms with Crippen LogP contribution < -0.4 is 10.6 Å². The fourth-order valence-corrected chi connectivity index (χ4v) is 2.69. The van der Waals surface area contributed by atoms with Crippen LogP contribution in [0.4, 0.5) is 0 Å². The zero-order valence-electron chi connectivity index (χ0n) is 13.3. The number of esters is 1. The molecule has 7 heteroatoms. The molecule has 1 saturated heterocycles. The van der Waals surface area contributed by atoms with Crippen LogP contribution in [0, 0.1) is 11.8 Å². The van der Waals surface area contributed by atoms with Gasteiger partial charge in [0.05, 0.1) is 24.6 Å². The van der Waals surface area contributed by atoms with E-state index in [4.69, 9.17) is 4.74 Å². The zero-order valence-corrected chi connectivity index (χ0v) is 13.3. The topological polar surface area (TPSA) is 85.2 Å². The van der Waals surface area contributed by atoms with Gasteiger partial charge in [0.2, 0.25) is 5.91 Å². The summed E-state index contributed by atoms with van der Waals surface area (Å²) in [6, 6.07) is 0. The highest BCUT2D eigenvalue weighted by molar-refractivity contribution is 5.81. The number of nitrogens with zero attached hydrogens (tertiary/aromatic N) is 2. The lowest BCUT2D eigenvalue weighted by molar-refractivity contribution is -0.147. The Morgan fingerprint density at radius 2 is 2.32 bits per heavy atom.